The number of halogens is 1. The Morgan fingerprint density at radius 1 is 1.06 bits per heavy atom. The predicted octanol–water partition coefficient (Wildman–Crippen LogP) is 3.41. The Balaban J connectivity index is 2.20. The molecule has 18 heavy (non-hydrogen) atoms. The first-order chi connectivity index (χ1) is 8.59. The average molecular weight is 267 g/mol. The average Bonchev–Trinajstić information content (AvgIpc) is 2.39. The van der Waals surface area contributed by atoms with Crippen LogP contribution in [-0.4, -0.2) is 16.9 Å². The van der Waals surface area contributed by atoms with Crippen molar-refractivity contribution in [2.24, 2.45) is 11.8 Å². The summed E-state index contributed by atoms with van der Waals surface area (Å²) in [6.07, 6.45) is 3.08. The van der Waals surface area contributed by atoms with Crippen molar-refractivity contribution < 1.29 is 14.7 Å². The van der Waals surface area contributed by atoms with Crippen molar-refractivity contribution in [2.45, 2.75) is 25.7 Å². The Morgan fingerprint density at radius 2 is 1.61 bits per heavy atom. The fraction of sp³-hybridized carbons (Fsp3) is 0.429. The molecule has 1 aliphatic carbocycles. The number of carbonyl (C=O) groups excluding carboxylic acids is 1. The lowest BCUT2D eigenvalue weighted by Crippen LogP contribution is -2.32. The highest BCUT2D eigenvalue weighted by Gasteiger charge is 2.35. The van der Waals surface area contributed by atoms with Crippen molar-refractivity contribution in [3.05, 3.63) is 34.9 Å². The van der Waals surface area contributed by atoms with Crippen LogP contribution >= 0.6 is 11.6 Å². The molecule has 0 amide bonds. The van der Waals surface area contributed by atoms with Crippen LogP contribution in [0.25, 0.3) is 0 Å². The van der Waals surface area contributed by atoms with Crippen molar-refractivity contribution in [3.8, 4) is 0 Å². The first kappa shape index (κ1) is 13.1. The molecule has 1 fully saturated rings. The monoisotopic (exact) mass is 266 g/mol. The Hall–Kier alpha value is -1.35. The minimum absolute atomic E-state index is 0.0706. The molecule has 4 heteroatoms. The molecule has 0 aliphatic heterocycles. The van der Waals surface area contributed by atoms with Crippen LogP contribution in [0.15, 0.2) is 24.3 Å². The molecule has 0 heterocycles. The van der Waals surface area contributed by atoms with Gasteiger partial charge in [0.25, 0.3) is 0 Å². The Morgan fingerprint density at radius 3 is 2.17 bits per heavy atom. The highest BCUT2D eigenvalue weighted by molar-refractivity contribution is 6.30. The van der Waals surface area contributed by atoms with E-state index >= 15 is 0 Å². The van der Waals surface area contributed by atoms with Gasteiger partial charge in [-0.3, -0.25) is 9.59 Å². The van der Waals surface area contributed by atoms with Gasteiger partial charge in [-0.2, -0.15) is 0 Å². The van der Waals surface area contributed by atoms with E-state index in [0.717, 1.165) is 12.8 Å². The second kappa shape index (κ2) is 5.53. The van der Waals surface area contributed by atoms with Crippen LogP contribution in [0.2, 0.25) is 5.02 Å². The Labute approximate surface area is 111 Å². The van der Waals surface area contributed by atoms with Crippen molar-refractivity contribution >= 4 is 23.4 Å². The first-order valence-corrected chi connectivity index (χ1v) is 6.50. The molecule has 0 aromatic heterocycles. The highest BCUT2D eigenvalue weighted by Crippen LogP contribution is 2.33. The number of aliphatic carboxylic acids is 1. The first-order valence-electron chi connectivity index (χ1n) is 6.12. The third kappa shape index (κ3) is 2.72. The van der Waals surface area contributed by atoms with E-state index in [9.17, 15) is 14.7 Å². The lowest BCUT2D eigenvalue weighted by molar-refractivity contribution is -0.144. The van der Waals surface area contributed by atoms with Gasteiger partial charge in [0.1, 0.15) is 0 Å². The molecule has 0 saturated heterocycles. The van der Waals surface area contributed by atoms with E-state index in [4.69, 9.17) is 11.6 Å². The van der Waals surface area contributed by atoms with Gasteiger partial charge in [0, 0.05) is 16.5 Å². The zero-order valence-electron chi connectivity index (χ0n) is 9.93. The van der Waals surface area contributed by atoms with Crippen LogP contribution < -0.4 is 0 Å². The van der Waals surface area contributed by atoms with E-state index in [1.807, 2.05) is 0 Å². The summed E-state index contributed by atoms with van der Waals surface area (Å²) < 4.78 is 0. The van der Waals surface area contributed by atoms with Crippen LogP contribution in [0.4, 0.5) is 0 Å². The van der Waals surface area contributed by atoms with E-state index in [-0.39, 0.29) is 5.78 Å². The van der Waals surface area contributed by atoms with Crippen molar-refractivity contribution in [3.63, 3.8) is 0 Å². The van der Waals surface area contributed by atoms with Gasteiger partial charge in [0.15, 0.2) is 5.78 Å². The molecule has 1 saturated carbocycles. The molecule has 1 aromatic carbocycles. The van der Waals surface area contributed by atoms with Gasteiger partial charge in [-0.05, 0) is 37.1 Å². The molecule has 0 spiro atoms. The van der Waals surface area contributed by atoms with E-state index < -0.39 is 17.8 Å². The summed E-state index contributed by atoms with van der Waals surface area (Å²) in [6.45, 7) is 0. The zero-order chi connectivity index (χ0) is 13.1. The third-order valence-electron chi connectivity index (χ3n) is 3.55. The second-order valence-corrected chi connectivity index (χ2v) is 5.14. The lowest BCUT2D eigenvalue weighted by Gasteiger charge is -2.27. The zero-order valence-corrected chi connectivity index (χ0v) is 10.7. The van der Waals surface area contributed by atoms with Gasteiger partial charge < -0.3 is 5.11 Å². The van der Waals surface area contributed by atoms with Crippen molar-refractivity contribution in [1.29, 1.82) is 0 Å². The fourth-order valence-corrected chi connectivity index (χ4v) is 2.69. The number of hydrogen-bond donors (Lipinski definition) is 1. The number of benzene rings is 1. The van der Waals surface area contributed by atoms with Gasteiger partial charge >= 0.3 is 5.97 Å². The minimum Gasteiger partial charge on any atom is -0.481 e. The summed E-state index contributed by atoms with van der Waals surface area (Å²) in [5.74, 6) is -1.86. The van der Waals surface area contributed by atoms with Crippen LogP contribution in [0.3, 0.4) is 0 Å². The molecule has 0 bridgehead atoms. The van der Waals surface area contributed by atoms with E-state index in [1.165, 1.54) is 0 Å². The normalized spacial score (nSPS) is 23.6. The second-order valence-electron chi connectivity index (χ2n) is 4.71. The SMILES string of the molecule is O=C(O)[C@@H]1CCCC[C@H]1C(=O)c1ccc(Cl)cc1. The van der Waals surface area contributed by atoms with Gasteiger partial charge in [-0.25, -0.2) is 0 Å². The van der Waals surface area contributed by atoms with E-state index in [1.54, 1.807) is 24.3 Å². The smallest absolute Gasteiger partial charge is 0.307 e. The number of ketones is 1. The Bertz CT molecular complexity index is 453. The molecular weight excluding hydrogens is 252 g/mol. The number of carboxylic acid groups (broad SMARTS) is 1. The predicted molar refractivity (Wildman–Crippen MR) is 68.9 cm³/mol. The maximum Gasteiger partial charge on any atom is 0.307 e. The van der Waals surface area contributed by atoms with Crippen LogP contribution in [-0.2, 0) is 4.79 Å². The van der Waals surface area contributed by atoms with Crippen molar-refractivity contribution in [2.75, 3.05) is 0 Å². The van der Waals surface area contributed by atoms with Gasteiger partial charge in [-0.15, -0.1) is 0 Å². The van der Waals surface area contributed by atoms with Gasteiger partial charge in [0.05, 0.1) is 5.92 Å². The molecule has 3 nitrogen and oxygen atoms in total. The molecule has 1 N–H and O–H groups in total. The summed E-state index contributed by atoms with van der Waals surface area (Å²) in [7, 11) is 0. The van der Waals surface area contributed by atoms with Crippen molar-refractivity contribution in [1.82, 2.24) is 0 Å². The van der Waals surface area contributed by atoms with Crippen LogP contribution in [0, 0.1) is 11.8 Å². The van der Waals surface area contributed by atoms with Gasteiger partial charge in [-0.1, -0.05) is 24.4 Å². The van der Waals surface area contributed by atoms with E-state index in [0.29, 0.717) is 23.4 Å². The summed E-state index contributed by atoms with van der Waals surface area (Å²) in [5, 5.41) is 9.75. The standard InChI is InChI=1S/C14H15ClO3/c15-10-7-5-9(6-8-10)13(16)11-3-1-2-4-12(11)14(17)18/h5-8,11-12H,1-4H2,(H,17,18)/t11-,12-/m1/s1. The largest absolute Gasteiger partial charge is 0.481 e. The lowest BCUT2D eigenvalue weighted by atomic mass is 9.75. The van der Waals surface area contributed by atoms with E-state index in [2.05, 4.69) is 0 Å². The number of carboxylic acids is 1. The molecule has 96 valence electrons. The molecule has 2 rings (SSSR count). The molecule has 1 aromatic rings. The maximum absolute atomic E-state index is 12.3. The summed E-state index contributed by atoms with van der Waals surface area (Å²) in [6, 6.07) is 6.65. The topological polar surface area (TPSA) is 54.4 Å². The molecule has 0 radical (unpaired) electrons. The molecule has 2 atom stereocenters. The minimum atomic E-state index is -0.859. The number of rotatable bonds is 3. The fourth-order valence-electron chi connectivity index (χ4n) is 2.57. The Kier molecular flexibility index (Phi) is 4.02. The van der Waals surface area contributed by atoms with Crippen LogP contribution in [0.1, 0.15) is 36.0 Å². The summed E-state index contributed by atoms with van der Waals surface area (Å²) in [5.41, 5.74) is 0.553. The number of carbonyl (C=O) groups is 2. The highest BCUT2D eigenvalue weighted by atomic mass is 35.5. The summed E-state index contributed by atoms with van der Waals surface area (Å²) >= 11 is 5.78. The van der Waals surface area contributed by atoms with Crippen LogP contribution in [0.5, 0.6) is 0 Å². The number of Topliss-reactive ketones (excluding diaryl/α,β-unsaturated/α-hetero) is 1. The molecule has 0 unspecified atom stereocenters. The maximum atomic E-state index is 12.3. The summed E-state index contributed by atoms with van der Waals surface area (Å²) in [4.78, 5) is 23.5. The molecular formula is C14H15ClO3. The quantitative estimate of drug-likeness (QED) is 0.853. The third-order valence-corrected chi connectivity index (χ3v) is 3.80. The van der Waals surface area contributed by atoms with Gasteiger partial charge in [0.2, 0.25) is 0 Å². The molecule has 1 aliphatic rings. The number of hydrogen-bond acceptors (Lipinski definition) is 2.